The summed E-state index contributed by atoms with van der Waals surface area (Å²) in [5.41, 5.74) is 8.39. The van der Waals surface area contributed by atoms with Crippen LogP contribution >= 0.6 is 12.2 Å². The summed E-state index contributed by atoms with van der Waals surface area (Å²) in [4.78, 5) is 4.80. The number of hydrogen-bond donors (Lipinski definition) is 1. The van der Waals surface area contributed by atoms with Crippen LogP contribution in [-0.4, -0.2) is 19.8 Å². The topological polar surface area (TPSA) is 56.7 Å². The largest absolute Gasteiger partial charge is 0.389 e. The summed E-state index contributed by atoms with van der Waals surface area (Å²) < 4.78 is 1.73. The molecule has 0 fully saturated rings. The Balaban J connectivity index is 2.54. The minimum atomic E-state index is 0.332. The molecule has 0 atom stereocenters. The molecule has 18 heavy (non-hydrogen) atoms. The summed E-state index contributed by atoms with van der Waals surface area (Å²) in [5, 5.41) is 4.50. The van der Waals surface area contributed by atoms with Crippen LogP contribution in [0.15, 0.2) is 24.4 Å². The predicted molar refractivity (Wildman–Crippen MR) is 76.1 cm³/mol. The predicted octanol–water partition coefficient (Wildman–Crippen LogP) is 2.33. The van der Waals surface area contributed by atoms with Crippen LogP contribution in [0.4, 0.5) is 0 Å². The molecule has 0 saturated heterocycles. The van der Waals surface area contributed by atoms with Gasteiger partial charge < -0.3 is 5.73 Å². The van der Waals surface area contributed by atoms with Crippen LogP contribution in [0, 0.1) is 6.92 Å². The van der Waals surface area contributed by atoms with Gasteiger partial charge in [-0.3, -0.25) is 0 Å². The summed E-state index contributed by atoms with van der Waals surface area (Å²) in [6, 6.07) is 5.76. The second-order valence-electron chi connectivity index (χ2n) is 4.53. The maximum absolute atomic E-state index is 5.72. The Morgan fingerprint density at radius 1 is 1.33 bits per heavy atom. The lowest BCUT2D eigenvalue weighted by atomic mass is 10.1. The van der Waals surface area contributed by atoms with Crippen LogP contribution in [0.5, 0.6) is 0 Å². The quantitative estimate of drug-likeness (QED) is 0.861. The fraction of sp³-hybridized carbons (Fsp3) is 0.308. The maximum atomic E-state index is 5.72. The summed E-state index contributed by atoms with van der Waals surface area (Å²) in [7, 11) is 0. The fourth-order valence-corrected chi connectivity index (χ4v) is 1.83. The normalized spacial score (nSPS) is 10.9. The highest BCUT2D eigenvalue weighted by atomic mass is 32.1. The number of thiocarbonyl (C=S) groups is 1. The Morgan fingerprint density at radius 2 is 2.06 bits per heavy atom. The van der Waals surface area contributed by atoms with E-state index in [1.807, 2.05) is 31.3 Å². The van der Waals surface area contributed by atoms with E-state index in [2.05, 4.69) is 23.9 Å². The first-order valence-corrected chi connectivity index (χ1v) is 6.23. The van der Waals surface area contributed by atoms with Gasteiger partial charge in [0.05, 0.1) is 11.3 Å². The van der Waals surface area contributed by atoms with Crippen molar-refractivity contribution in [2.45, 2.75) is 26.7 Å². The minimum absolute atomic E-state index is 0.332. The van der Waals surface area contributed by atoms with Crippen LogP contribution in [0.25, 0.3) is 5.82 Å². The fourth-order valence-electron chi connectivity index (χ4n) is 1.67. The molecule has 0 unspecified atom stereocenters. The molecule has 0 aromatic carbocycles. The van der Waals surface area contributed by atoms with Gasteiger partial charge >= 0.3 is 0 Å². The van der Waals surface area contributed by atoms with E-state index in [-0.39, 0.29) is 0 Å². The lowest BCUT2D eigenvalue weighted by molar-refractivity contribution is 0.755. The molecule has 0 aliphatic heterocycles. The number of aryl methyl sites for hydroxylation is 1. The van der Waals surface area contributed by atoms with Crippen LogP contribution in [0.2, 0.25) is 0 Å². The molecule has 2 aromatic rings. The van der Waals surface area contributed by atoms with Crippen LogP contribution in [0.3, 0.4) is 0 Å². The van der Waals surface area contributed by atoms with Crippen molar-refractivity contribution < 1.29 is 0 Å². The minimum Gasteiger partial charge on any atom is -0.389 e. The van der Waals surface area contributed by atoms with Crippen molar-refractivity contribution in [1.29, 1.82) is 0 Å². The Kier molecular flexibility index (Phi) is 3.43. The van der Waals surface area contributed by atoms with Crippen molar-refractivity contribution in [1.82, 2.24) is 14.8 Å². The lowest BCUT2D eigenvalue weighted by Crippen LogP contribution is -2.15. The molecule has 2 heterocycles. The maximum Gasteiger partial charge on any atom is 0.163 e. The van der Waals surface area contributed by atoms with E-state index in [0.29, 0.717) is 16.7 Å². The van der Waals surface area contributed by atoms with Crippen LogP contribution < -0.4 is 5.73 Å². The molecule has 5 heteroatoms. The van der Waals surface area contributed by atoms with Gasteiger partial charge in [0.2, 0.25) is 0 Å². The zero-order valence-corrected chi connectivity index (χ0v) is 11.5. The van der Waals surface area contributed by atoms with Crippen LogP contribution in [-0.2, 0) is 0 Å². The second kappa shape index (κ2) is 4.86. The van der Waals surface area contributed by atoms with Gasteiger partial charge in [0.15, 0.2) is 5.82 Å². The molecule has 0 spiro atoms. The molecule has 0 amide bonds. The first-order chi connectivity index (χ1) is 8.49. The monoisotopic (exact) mass is 260 g/mol. The molecule has 0 saturated carbocycles. The molecule has 4 nitrogen and oxygen atoms in total. The van der Waals surface area contributed by atoms with Gasteiger partial charge in [0, 0.05) is 11.9 Å². The molecular weight excluding hydrogens is 244 g/mol. The summed E-state index contributed by atoms with van der Waals surface area (Å²) in [5.74, 6) is 1.07. The SMILES string of the molecule is Cc1ccc(C(N)=S)c(-n2ccc(C(C)C)n2)n1. The number of hydrogen-bond acceptors (Lipinski definition) is 3. The van der Waals surface area contributed by atoms with Crippen molar-refractivity contribution >= 4 is 17.2 Å². The van der Waals surface area contributed by atoms with E-state index in [1.54, 1.807) is 4.68 Å². The van der Waals surface area contributed by atoms with E-state index < -0.39 is 0 Å². The number of aromatic nitrogens is 3. The Labute approximate surface area is 112 Å². The highest BCUT2D eigenvalue weighted by molar-refractivity contribution is 7.80. The summed E-state index contributed by atoms with van der Waals surface area (Å²) in [6.07, 6.45) is 1.89. The first kappa shape index (κ1) is 12.7. The third-order valence-corrected chi connectivity index (χ3v) is 2.92. The van der Waals surface area contributed by atoms with Gasteiger partial charge in [0.25, 0.3) is 0 Å². The zero-order valence-electron chi connectivity index (χ0n) is 10.7. The van der Waals surface area contributed by atoms with Gasteiger partial charge in [-0.15, -0.1) is 0 Å². The van der Waals surface area contributed by atoms with Crippen LogP contribution in [0.1, 0.15) is 36.7 Å². The average Bonchev–Trinajstić information content (AvgIpc) is 2.77. The number of nitrogens with zero attached hydrogens (tertiary/aromatic N) is 3. The average molecular weight is 260 g/mol. The Hall–Kier alpha value is -1.75. The van der Waals surface area contributed by atoms with Gasteiger partial charge in [-0.05, 0) is 31.0 Å². The number of rotatable bonds is 3. The van der Waals surface area contributed by atoms with Crippen molar-refractivity contribution in [2.24, 2.45) is 5.73 Å². The highest BCUT2D eigenvalue weighted by Crippen LogP contribution is 2.16. The second-order valence-corrected chi connectivity index (χ2v) is 4.97. The van der Waals surface area contributed by atoms with Crippen molar-refractivity contribution in [3.63, 3.8) is 0 Å². The third kappa shape index (κ3) is 2.41. The van der Waals surface area contributed by atoms with Crippen molar-refractivity contribution in [3.05, 3.63) is 41.3 Å². The molecule has 0 radical (unpaired) electrons. The molecule has 2 N–H and O–H groups in total. The van der Waals surface area contributed by atoms with E-state index in [0.717, 1.165) is 17.0 Å². The standard InChI is InChI=1S/C13H16N4S/c1-8(2)11-6-7-17(16-11)13-10(12(14)18)5-4-9(3)15-13/h4-8H,1-3H3,(H2,14,18). The zero-order chi connectivity index (χ0) is 13.3. The van der Waals surface area contributed by atoms with E-state index in [4.69, 9.17) is 18.0 Å². The van der Waals surface area contributed by atoms with E-state index in [1.165, 1.54) is 0 Å². The van der Waals surface area contributed by atoms with Gasteiger partial charge in [-0.25, -0.2) is 9.67 Å². The molecule has 0 aliphatic carbocycles. The molecule has 0 aliphatic rings. The van der Waals surface area contributed by atoms with Crippen molar-refractivity contribution in [2.75, 3.05) is 0 Å². The summed E-state index contributed by atoms with van der Waals surface area (Å²) >= 11 is 5.05. The molecule has 2 rings (SSSR count). The van der Waals surface area contributed by atoms with E-state index >= 15 is 0 Å². The van der Waals surface area contributed by atoms with E-state index in [9.17, 15) is 0 Å². The van der Waals surface area contributed by atoms with Crippen molar-refractivity contribution in [3.8, 4) is 5.82 Å². The highest BCUT2D eigenvalue weighted by Gasteiger charge is 2.11. The lowest BCUT2D eigenvalue weighted by Gasteiger charge is -2.08. The molecular formula is C13H16N4S. The Bertz CT molecular complexity index is 586. The smallest absolute Gasteiger partial charge is 0.163 e. The third-order valence-electron chi connectivity index (χ3n) is 2.70. The molecule has 94 valence electrons. The number of nitrogens with two attached hydrogens (primary N) is 1. The summed E-state index contributed by atoms with van der Waals surface area (Å²) in [6.45, 7) is 6.13. The Morgan fingerprint density at radius 3 is 2.61 bits per heavy atom. The molecule has 0 bridgehead atoms. The van der Waals surface area contributed by atoms with Gasteiger partial charge in [0.1, 0.15) is 4.99 Å². The number of pyridine rings is 1. The van der Waals surface area contributed by atoms with Gasteiger partial charge in [-0.2, -0.15) is 5.10 Å². The van der Waals surface area contributed by atoms with Gasteiger partial charge in [-0.1, -0.05) is 26.1 Å². The first-order valence-electron chi connectivity index (χ1n) is 5.82. The molecule has 2 aromatic heterocycles.